The number of hydrogen-bond acceptors (Lipinski definition) is 2. The minimum absolute atomic E-state index is 0.222. The van der Waals surface area contributed by atoms with E-state index in [0.717, 1.165) is 23.6 Å². The van der Waals surface area contributed by atoms with Gasteiger partial charge >= 0.3 is 0 Å². The molecule has 2 aromatic rings. The SMILES string of the molecule is CCNC(c1ccc(Cl)cc1F)c1cc(C)oc1C. The number of halogens is 2. The second-order valence-electron chi connectivity index (χ2n) is 4.53. The van der Waals surface area contributed by atoms with Crippen molar-refractivity contribution in [2.45, 2.75) is 26.8 Å². The Morgan fingerprint density at radius 3 is 2.53 bits per heavy atom. The molecule has 1 heterocycles. The first kappa shape index (κ1) is 14.1. The van der Waals surface area contributed by atoms with E-state index < -0.39 is 0 Å². The smallest absolute Gasteiger partial charge is 0.129 e. The molecule has 0 bridgehead atoms. The highest BCUT2D eigenvalue weighted by Gasteiger charge is 2.21. The highest BCUT2D eigenvalue weighted by Crippen LogP contribution is 2.30. The van der Waals surface area contributed by atoms with Crippen molar-refractivity contribution in [3.05, 3.63) is 57.8 Å². The molecule has 0 aliphatic carbocycles. The van der Waals surface area contributed by atoms with Crippen LogP contribution in [-0.4, -0.2) is 6.54 Å². The van der Waals surface area contributed by atoms with Gasteiger partial charge in [-0.25, -0.2) is 4.39 Å². The van der Waals surface area contributed by atoms with E-state index in [1.165, 1.54) is 6.07 Å². The Labute approximate surface area is 117 Å². The Bertz CT molecular complexity index is 580. The average Bonchev–Trinajstić information content (AvgIpc) is 2.66. The molecule has 4 heteroatoms. The van der Waals surface area contributed by atoms with E-state index in [1.54, 1.807) is 12.1 Å². The minimum Gasteiger partial charge on any atom is -0.466 e. The molecule has 1 aromatic carbocycles. The topological polar surface area (TPSA) is 25.2 Å². The van der Waals surface area contributed by atoms with Crippen molar-refractivity contribution in [2.75, 3.05) is 6.54 Å². The quantitative estimate of drug-likeness (QED) is 0.899. The molecule has 0 aliphatic rings. The van der Waals surface area contributed by atoms with Crippen LogP contribution in [-0.2, 0) is 0 Å². The molecule has 0 fully saturated rings. The fraction of sp³-hybridized carbons (Fsp3) is 0.333. The van der Waals surface area contributed by atoms with Crippen LogP contribution >= 0.6 is 11.6 Å². The predicted molar refractivity (Wildman–Crippen MR) is 75.1 cm³/mol. The maximum absolute atomic E-state index is 14.1. The average molecular weight is 282 g/mol. The molecule has 0 saturated carbocycles. The van der Waals surface area contributed by atoms with Crippen LogP contribution in [0.4, 0.5) is 4.39 Å². The van der Waals surface area contributed by atoms with Crippen LogP contribution in [0, 0.1) is 19.7 Å². The molecular formula is C15H17ClFNO. The van der Waals surface area contributed by atoms with Gasteiger partial charge in [-0.05, 0) is 38.6 Å². The Morgan fingerprint density at radius 1 is 1.26 bits per heavy atom. The lowest BCUT2D eigenvalue weighted by Gasteiger charge is -2.18. The standard InChI is InChI=1S/C15H17ClFNO/c1-4-18-15(13-7-9(2)19-10(13)3)12-6-5-11(16)8-14(12)17/h5-8,15,18H,4H2,1-3H3. The van der Waals surface area contributed by atoms with E-state index in [9.17, 15) is 4.39 Å². The molecule has 1 aromatic heterocycles. The van der Waals surface area contributed by atoms with Gasteiger partial charge in [-0.3, -0.25) is 0 Å². The molecule has 1 N–H and O–H groups in total. The maximum Gasteiger partial charge on any atom is 0.129 e. The highest BCUT2D eigenvalue weighted by atomic mass is 35.5. The molecule has 19 heavy (non-hydrogen) atoms. The zero-order valence-electron chi connectivity index (χ0n) is 11.3. The second kappa shape index (κ2) is 5.76. The summed E-state index contributed by atoms with van der Waals surface area (Å²) < 4.78 is 19.6. The fourth-order valence-electron chi connectivity index (χ4n) is 2.26. The highest BCUT2D eigenvalue weighted by molar-refractivity contribution is 6.30. The molecule has 0 spiro atoms. The third kappa shape index (κ3) is 2.99. The maximum atomic E-state index is 14.1. The van der Waals surface area contributed by atoms with E-state index in [1.807, 2.05) is 26.8 Å². The third-order valence-electron chi connectivity index (χ3n) is 3.07. The normalized spacial score (nSPS) is 12.7. The van der Waals surface area contributed by atoms with Gasteiger partial charge in [-0.2, -0.15) is 0 Å². The van der Waals surface area contributed by atoms with Gasteiger partial charge in [0.15, 0.2) is 0 Å². The fourth-order valence-corrected chi connectivity index (χ4v) is 2.42. The monoisotopic (exact) mass is 281 g/mol. The Hall–Kier alpha value is -1.32. The van der Waals surface area contributed by atoms with Gasteiger partial charge in [-0.1, -0.05) is 24.6 Å². The summed E-state index contributed by atoms with van der Waals surface area (Å²) in [6, 6.07) is 6.47. The van der Waals surface area contributed by atoms with Crippen LogP contribution in [0.5, 0.6) is 0 Å². The van der Waals surface area contributed by atoms with Gasteiger partial charge in [0.1, 0.15) is 17.3 Å². The number of nitrogens with one attached hydrogen (secondary N) is 1. The Balaban J connectivity index is 2.48. The van der Waals surface area contributed by atoms with Gasteiger partial charge in [-0.15, -0.1) is 0 Å². The van der Waals surface area contributed by atoms with Gasteiger partial charge in [0.2, 0.25) is 0 Å². The van der Waals surface area contributed by atoms with E-state index in [2.05, 4.69) is 5.32 Å². The third-order valence-corrected chi connectivity index (χ3v) is 3.31. The summed E-state index contributed by atoms with van der Waals surface area (Å²) in [4.78, 5) is 0. The lowest BCUT2D eigenvalue weighted by Crippen LogP contribution is -2.23. The van der Waals surface area contributed by atoms with Crippen LogP contribution < -0.4 is 5.32 Å². The van der Waals surface area contributed by atoms with E-state index in [-0.39, 0.29) is 11.9 Å². The van der Waals surface area contributed by atoms with Crippen LogP contribution in [0.25, 0.3) is 0 Å². The molecule has 1 atom stereocenters. The molecule has 2 nitrogen and oxygen atoms in total. The van der Waals surface area contributed by atoms with Crippen LogP contribution in [0.15, 0.2) is 28.7 Å². The van der Waals surface area contributed by atoms with Crippen molar-refractivity contribution in [3.8, 4) is 0 Å². The van der Waals surface area contributed by atoms with Crippen molar-refractivity contribution in [1.29, 1.82) is 0 Å². The van der Waals surface area contributed by atoms with Crippen LogP contribution in [0.2, 0.25) is 5.02 Å². The summed E-state index contributed by atoms with van der Waals surface area (Å²) in [6.07, 6.45) is 0. The van der Waals surface area contributed by atoms with Crippen molar-refractivity contribution in [1.82, 2.24) is 5.32 Å². The molecule has 1 unspecified atom stereocenters. The van der Waals surface area contributed by atoms with Crippen molar-refractivity contribution >= 4 is 11.6 Å². The molecule has 0 radical (unpaired) electrons. The number of furan rings is 1. The summed E-state index contributed by atoms with van der Waals surface area (Å²) in [5, 5.41) is 3.69. The molecule has 0 saturated heterocycles. The number of aryl methyl sites for hydroxylation is 2. The first-order valence-electron chi connectivity index (χ1n) is 6.28. The first-order valence-corrected chi connectivity index (χ1v) is 6.66. The lowest BCUT2D eigenvalue weighted by atomic mass is 9.98. The lowest BCUT2D eigenvalue weighted by molar-refractivity contribution is 0.492. The van der Waals surface area contributed by atoms with Crippen molar-refractivity contribution < 1.29 is 8.81 Å². The van der Waals surface area contributed by atoms with Gasteiger partial charge in [0, 0.05) is 16.1 Å². The van der Waals surface area contributed by atoms with Crippen molar-refractivity contribution in [3.63, 3.8) is 0 Å². The summed E-state index contributed by atoms with van der Waals surface area (Å²) in [5.74, 6) is 1.32. The minimum atomic E-state index is -0.309. The molecule has 102 valence electrons. The summed E-state index contributed by atoms with van der Waals surface area (Å²) in [6.45, 7) is 6.50. The van der Waals surface area contributed by atoms with E-state index in [4.69, 9.17) is 16.0 Å². The summed E-state index contributed by atoms with van der Waals surface area (Å²) in [7, 11) is 0. The molecule has 0 amide bonds. The van der Waals surface area contributed by atoms with Gasteiger partial charge in [0.25, 0.3) is 0 Å². The summed E-state index contributed by atoms with van der Waals surface area (Å²) in [5.41, 5.74) is 1.54. The number of rotatable bonds is 4. The van der Waals surface area contributed by atoms with Crippen LogP contribution in [0.1, 0.15) is 35.6 Å². The van der Waals surface area contributed by atoms with E-state index in [0.29, 0.717) is 10.6 Å². The summed E-state index contributed by atoms with van der Waals surface area (Å²) >= 11 is 5.80. The van der Waals surface area contributed by atoms with Crippen LogP contribution in [0.3, 0.4) is 0 Å². The molecule has 0 aliphatic heterocycles. The largest absolute Gasteiger partial charge is 0.466 e. The zero-order valence-corrected chi connectivity index (χ0v) is 12.0. The molecule has 2 rings (SSSR count). The second-order valence-corrected chi connectivity index (χ2v) is 4.96. The predicted octanol–water partition coefficient (Wildman–Crippen LogP) is 4.39. The Morgan fingerprint density at radius 2 is 2.00 bits per heavy atom. The molecular weight excluding hydrogens is 265 g/mol. The van der Waals surface area contributed by atoms with Gasteiger partial charge in [0.05, 0.1) is 6.04 Å². The zero-order chi connectivity index (χ0) is 14.0. The first-order chi connectivity index (χ1) is 9.02. The Kier molecular flexibility index (Phi) is 4.27. The van der Waals surface area contributed by atoms with Crippen molar-refractivity contribution in [2.24, 2.45) is 0 Å². The number of hydrogen-bond donors (Lipinski definition) is 1. The van der Waals surface area contributed by atoms with Gasteiger partial charge < -0.3 is 9.73 Å². The van der Waals surface area contributed by atoms with E-state index >= 15 is 0 Å². The number of benzene rings is 1.